The van der Waals surface area contributed by atoms with Crippen LogP contribution in [-0.4, -0.2) is 37.8 Å². The first-order valence-corrected chi connectivity index (χ1v) is 8.42. The number of guanidine groups is 1. The number of nitrogens with zero attached hydrogens (tertiary/aromatic N) is 1. The summed E-state index contributed by atoms with van der Waals surface area (Å²) in [6, 6.07) is 0.454. The molecule has 20 heavy (non-hydrogen) atoms. The standard InChI is InChI=1S/C16H33N3O/c1-4-14(3)19-16(17-5-2)18-12-13-20-15-10-8-6-7-9-11-15/h14-15H,4-13H2,1-3H3,(H2,17,18,19). The molecule has 0 radical (unpaired) electrons. The van der Waals surface area contributed by atoms with Gasteiger partial charge in [0.2, 0.25) is 0 Å². The zero-order valence-corrected chi connectivity index (χ0v) is 13.6. The third kappa shape index (κ3) is 7.73. The normalized spacial score (nSPS) is 19.4. The van der Waals surface area contributed by atoms with Crippen molar-refractivity contribution in [3.05, 3.63) is 0 Å². The van der Waals surface area contributed by atoms with Crippen LogP contribution in [0, 0.1) is 0 Å². The van der Waals surface area contributed by atoms with Gasteiger partial charge in [-0.2, -0.15) is 0 Å². The van der Waals surface area contributed by atoms with Crippen molar-refractivity contribution in [2.75, 3.05) is 19.7 Å². The number of ether oxygens (including phenoxy) is 1. The minimum Gasteiger partial charge on any atom is -0.376 e. The molecular formula is C16H33N3O. The fourth-order valence-electron chi connectivity index (χ4n) is 2.44. The van der Waals surface area contributed by atoms with Gasteiger partial charge in [0.15, 0.2) is 5.96 Å². The first-order valence-electron chi connectivity index (χ1n) is 8.42. The van der Waals surface area contributed by atoms with Crippen LogP contribution >= 0.6 is 0 Å². The third-order valence-electron chi connectivity index (χ3n) is 3.86. The molecule has 4 nitrogen and oxygen atoms in total. The number of rotatable bonds is 7. The van der Waals surface area contributed by atoms with Gasteiger partial charge in [0.1, 0.15) is 0 Å². The molecule has 0 saturated heterocycles. The highest BCUT2D eigenvalue weighted by Gasteiger charge is 2.11. The fraction of sp³-hybridized carbons (Fsp3) is 0.938. The molecule has 0 heterocycles. The second kappa shape index (κ2) is 11.0. The van der Waals surface area contributed by atoms with E-state index in [2.05, 4.69) is 36.4 Å². The van der Waals surface area contributed by atoms with E-state index in [0.717, 1.165) is 32.1 Å². The number of aliphatic imine (C=N–C) groups is 1. The summed E-state index contributed by atoms with van der Waals surface area (Å²) in [5.41, 5.74) is 0. The quantitative estimate of drug-likeness (QED) is 0.327. The first-order chi connectivity index (χ1) is 9.76. The second-order valence-electron chi connectivity index (χ2n) is 5.70. The van der Waals surface area contributed by atoms with Crippen molar-refractivity contribution in [1.29, 1.82) is 0 Å². The van der Waals surface area contributed by atoms with E-state index < -0.39 is 0 Å². The molecule has 0 spiro atoms. The molecule has 1 aliphatic rings. The topological polar surface area (TPSA) is 45.7 Å². The SMILES string of the molecule is CCNC(=NCCOC1CCCCCC1)NC(C)CC. The lowest BCUT2D eigenvalue weighted by molar-refractivity contribution is 0.0487. The molecule has 118 valence electrons. The molecule has 1 saturated carbocycles. The lowest BCUT2D eigenvalue weighted by Gasteiger charge is -2.17. The van der Waals surface area contributed by atoms with Crippen molar-refractivity contribution in [3.63, 3.8) is 0 Å². The Morgan fingerprint density at radius 3 is 2.50 bits per heavy atom. The maximum absolute atomic E-state index is 5.96. The lowest BCUT2D eigenvalue weighted by Crippen LogP contribution is -2.42. The van der Waals surface area contributed by atoms with E-state index in [1.165, 1.54) is 38.5 Å². The Morgan fingerprint density at radius 2 is 1.90 bits per heavy atom. The molecule has 0 aliphatic heterocycles. The van der Waals surface area contributed by atoms with Crippen LogP contribution in [-0.2, 0) is 4.74 Å². The van der Waals surface area contributed by atoms with E-state index in [1.807, 2.05) is 0 Å². The summed E-state index contributed by atoms with van der Waals surface area (Å²) < 4.78 is 5.96. The van der Waals surface area contributed by atoms with Gasteiger partial charge in [-0.05, 0) is 33.1 Å². The summed E-state index contributed by atoms with van der Waals surface area (Å²) in [6.07, 6.45) is 9.44. The Balaban J connectivity index is 2.24. The molecule has 1 aliphatic carbocycles. The monoisotopic (exact) mass is 283 g/mol. The molecule has 1 rings (SSSR count). The van der Waals surface area contributed by atoms with E-state index >= 15 is 0 Å². The van der Waals surface area contributed by atoms with Crippen LogP contribution in [0.1, 0.15) is 65.7 Å². The van der Waals surface area contributed by atoms with Crippen LogP contribution in [0.2, 0.25) is 0 Å². The van der Waals surface area contributed by atoms with Gasteiger partial charge in [-0.15, -0.1) is 0 Å². The minimum atomic E-state index is 0.454. The van der Waals surface area contributed by atoms with E-state index in [4.69, 9.17) is 4.74 Å². The van der Waals surface area contributed by atoms with Crippen molar-refractivity contribution < 1.29 is 4.74 Å². The maximum atomic E-state index is 5.96. The molecule has 4 heteroatoms. The van der Waals surface area contributed by atoms with Crippen molar-refractivity contribution in [1.82, 2.24) is 10.6 Å². The highest BCUT2D eigenvalue weighted by atomic mass is 16.5. The zero-order valence-electron chi connectivity index (χ0n) is 13.6. The average molecular weight is 283 g/mol. The van der Waals surface area contributed by atoms with Gasteiger partial charge in [0.05, 0.1) is 19.3 Å². The Bertz CT molecular complexity index is 260. The molecule has 2 N–H and O–H groups in total. The maximum Gasteiger partial charge on any atom is 0.191 e. The summed E-state index contributed by atoms with van der Waals surface area (Å²) in [4.78, 5) is 4.58. The molecule has 0 aromatic heterocycles. The van der Waals surface area contributed by atoms with E-state index in [-0.39, 0.29) is 0 Å². The summed E-state index contributed by atoms with van der Waals surface area (Å²) >= 11 is 0. The number of hydrogen-bond donors (Lipinski definition) is 2. The van der Waals surface area contributed by atoms with Crippen LogP contribution in [0.3, 0.4) is 0 Å². The molecule has 0 aromatic rings. The highest BCUT2D eigenvalue weighted by Crippen LogP contribution is 2.19. The molecule has 0 amide bonds. The lowest BCUT2D eigenvalue weighted by atomic mass is 10.1. The first kappa shape index (κ1) is 17.3. The van der Waals surface area contributed by atoms with Gasteiger partial charge < -0.3 is 15.4 Å². The Morgan fingerprint density at radius 1 is 1.20 bits per heavy atom. The molecule has 1 fully saturated rings. The van der Waals surface area contributed by atoms with E-state index in [9.17, 15) is 0 Å². The van der Waals surface area contributed by atoms with Crippen molar-refractivity contribution >= 4 is 5.96 Å². The summed E-state index contributed by atoms with van der Waals surface area (Å²) in [5, 5.41) is 6.68. The van der Waals surface area contributed by atoms with Crippen LogP contribution < -0.4 is 10.6 Å². The van der Waals surface area contributed by atoms with Crippen LogP contribution in [0.5, 0.6) is 0 Å². The largest absolute Gasteiger partial charge is 0.376 e. The zero-order chi connectivity index (χ0) is 14.6. The molecule has 1 atom stereocenters. The van der Waals surface area contributed by atoms with Crippen molar-refractivity contribution in [2.24, 2.45) is 4.99 Å². The highest BCUT2D eigenvalue weighted by molar-refractivity contribution is 5.79. The van der Waals surface area contributed by atoms with Gasteiger partial charge in [-0.25, -0.2) is 0 Å². The minimum absolute atomic E-state index is 0.454. The predicted molar refractivity (Wildman–Crippen MR) is 86.3 cm³/mol. The van der Waals surface area contributed by atoms with Gasteiger partial charge in [0.25, 0.3) is 0 Å². The Labute approximate surface area is 124 Å². The number of hydrogen-bond acceptors (Lipinski definition) is 2. The Hall–Kier alpha value is -0.770. The smallest absolute Gasteiger partial charge is 0.191 e. The van der Waals surface area contributed by atoms with E-state index in [1.54, 1.807) is 0 Å². The van der Waals surface area contributed by atoms with Crippen LogP contribution in [0.25, 0.3) is 0 Å². The molecular weight excluding hydrogens is 250 g/mol. The van der Waals surface area contributed by atoms with Crippen LogP contribution in [0.15, 0.2) is 4.99 Å². The summed E-state index contributed by atoms with van der Waals surface area (Å²) in [6.45, 7) is 8.82. The van der Waals surface area contributed by atoms with Crippen molar-refractivity contribution in [2.45, 2.75) is 77.9 Å². The predicted octanol–water partition coefficient (Wildman–Crippen LogP) is 3.08. The van der Waals surface area contributed by atoms with Gasteiger partial charge in [0, 0.05) is 12.6 Å². The molecule has 0 aromatic carbocycles. The molecule has 1 unspecified atom stereocenters. The van der Waals surface area contributed by atoms with Gasteiger partial charge >= 0.3 is 0 Å². The van der Waals surface area contributed by atoms with Crippen molar-refractivity contribution in [3.8, 4) is 0 Å². The molecule has 0 bridgehead atoms. The van der Waals surface area contributed by atoms with Crippen LogP contribution in [0.4, 0.5) is 0 Å². The second-order valence-corrected chi connectivity index (χ2v) is 5.70. The Kier molecular flexibility index (Phi) is 9.46. The average Bonchev–Trinajstić information content (AvgIpc) is 2.72. The van der Waals surface area contributed by atoms with E-state index in [0.29, 0.717) is 12.1 Å². The van der Waals surface area contributed by atoms with Gasteiger partial charge in [-0.1, -0.05) is 32.6 Å². The summed E-state index contributed by atoms with van der Waals surface area (Å²) in [7, 11) is 0. The third-order valence-corrected chi connectivity index (χ3v) is 3.86. The summed E-state index contributed by atoms with van der Waals surface area (Å²) in [5.74, 6) is 0.909. The fourth-order valence-corrected chi connectivity index (χ4v) is 2.44. The number of nitrogens with one attached hydrogen (secondary N) is 2. The van der Waals surface area contributed by atoms with Gasteiger partial charge in [-0.3, -0.25) is 4.99 Å².